The van der Waals surface area contributed by atoms with Gasteiger partial charge >= 0.3 is 0 Å². The lowest BCUT2D eigenvalue weighted by atomic mass is 9.77. The molecule has 0 N–H and O–H groups in total. The van der Waals surface area contributed by atoms with Crippen molar-refractivity contribution in [2.24, 2.45) is 7.05 Å². The highest BCUT2D eigenvalue weighted by Crippen LogP contribution is 2.44. The van der Waals surface area contributed by atoms with Crippen molar-refractivity contribution < 1.29 is 18.9 Å². The number of pyridine rings is 1. The number of aromatic nitrogens is 1. The molecule has 0 saturated carbocycles. The van der Waals surface area contributed by atoms with Crippen molar-refractivity contribution in [3.05, 3.63) is 125 Å². The van der Waals surface area contributed by atoms with Gasteiger partial charge in [0.2, 0.25) is 5.69 Å². The van der Waals surface area contributed by atoms with E-state index in [1.807, 2.05) is 85.4 Å². The third kappa shape index (κ3) is 3.57. The highest BCUT2D eigenvalue weighted by molar-refractivity contribution is 6.13. The van der Waals surface area contributed by atoms with Crippen molar-refractivity contribution in [2.75, 3.05) is 0 Å². The number of fused-ring (bicyclic) bond motifs is 4. The minimum atomic E-state index is -1.92. The number of rotatable bonds is 3. The van der Waals surface area contributed by atoms with Gasteiger partial charge in [-0.15, -0.1) is 0 Å². The topological polar surface area (TPSA) is 17.0 Å². The Labute approximate surface area is 227 Å². The maximum absolute atomic E-state index is 16.0. The van der Waals surface area contributed by atoms with Gasteiger partial charge in [-0.25, -0.2) is 8.96 Å². The molecule has 0 amide bonds. The molecule has 7 rings (SSSR count). The first-order valence-corrected chi connectivity index (χ1v) is 12.9. The fraction of sp³-hybridized carbons (Fsp3) is 0.171. The number of nitrogens with zero attached hydrogens (tertiary/aromatic N) is 1. The van der Waals surface area contributed by atoms with Crippen LogP contribution in [0.5, 0.6) is 0 Å². The van der Waals surface area contributed by atoms with Crippen LogP contribution in [-0.2, 0) is 19.8 Å². The lowest BCUT2D eigenvalue weighted by Crippen LogP contribution is -2.30. The fourth-order valence-corrected chi connectivity index (χ4v) is 5.73. The van der Waals surface area contributed by atoms with Gasteiger partial charge in [0.05, 0.1) is 11.1 Å². The zero-order valence-electron chi connectivity index (χ0n) is 25.3. The number of hydrogen-bond acceptors (Lipinski definition) is 1. The second-order valence-corrected chi connectivity index (χ2v) is 9.95. The van der Waals surface area contributed by atoms with Gasteiger partial charge in [0.15, 0.2) is 6.20 Å². The van der Waals surface area contributed by atoms with E-state index < -0.39 is 24.5 Å². The van der Waals surface area contributed by atoms with Crippen LogP contribution in [0.1, 0.15) is 40.1 Å². The van der Waals surface area contributed by atoms with E-state index in [0.29, 0.717) is 16.7 Å². The molecular formula is C35H29FNO+. The second-order valence-electron chi connectivity index (χ2n) is 9.95. The summed E-state index contributed by atoms with van der Waals surface area (Å²) in [6, 6.07) is 27.3. The number of hydrogen-bond donors (Lipinski definition) is 0. The Morgan fingerprint density at radius 3 is 2.42 bits per heavy atom. The molecule has 1 atom stereocenters. The monoisotopic (exact) mass is 502 g/mol. The minimum Gasteiger partial charge on any atom is -0.454 e. The molecule has 0 saturated heterocycles. The van der Waals surface area contributed by atoms with Gasteiger partial charge in [-0.05, 0) is 78.0 Å². The van der Waals surface area contributed by atoms with Gasteiger partial charge in [-0.1, -0.05) is 60.7 Å². The Hall–Kier alpha value is -4.24. The van der Waals surface area contributed by atoms with Gasteiger partial charge < -0.3 is 4.42 Å². The maximum Gasteiger partial charge on any atom is 0.216 e. The second kappa shape index (κ2) is 8.95. The summed E-state index contributed by atoms with van der Waals surface area (Å²) >= 11 is 0. The Balaban J connectivity index is 1.51. The zero-order chi connectivity index (χ0) is 29.4. The van der Waals surface area contributed by atoms with Crippen LogP contribution < -0.4 is 4.57 Å². The van der Waals surface area contributed by atoms with Crippen LogP contribution in [0.4, 0.5) is 4.39 Å². The molecule has 4 aromatic carbocycles. The van der Waals surface area contributed by atoms with Gasteiger partial charge in [0, 0.05) is 28.4 Å². The first-order valence-electron chi connectivity index (χ1n) is 14.9. The lowest BCUT2D eigenvalue weighted by Gasteiger charge is -2.27. The third-order valence-corrected chi connectivity index (χ3v) is 7.63. The molecule has 3 heteroatoms. The lowest BCUT2D eigenvalue weighted by molar-refractivity contribution is -0.660. The summed E-state index contributed by atoms with van der Waals surface area (Å²) in [7, 11) is 1.97. The molecule has 0 bridgehead atoms. The van der Waals surface area contributed by atoms with Crippen LogP contribution in [0.25, 0.3) is 44.3 Å². The van der Waals surface area contributed by atoms with E-state index in [4.69, 9.17) is 4.42 Å². The predicted octanol–water partition coefficient (Wildman–Crippen LogP) is 8.46. The number of halogens is 1. The van der Waals surface area contributed by atoms with Gasteiger partial charge in [0.25, 0.3) is 0 Å². The van der Waals surface area contributed by atoms with Crippen LogP contribution >= 0.6 is 0 Å². The number of benzene rings is 4. The number of furan rings is 1. The molecule has 2 nitrogen and oxygen atoms in total. The molecule has 1 unspecified atom stereocenters. The molecule has 0 aliphatic heterocycles. The summed E-state index contributed by atoms with van der Waals surface area (Å²) < 4.78 is 61.3. The van der Waals surface area contributed by atoms with Crippen molar-refractivity contribution in [1.29, 1.82) is 0 Å². The molecule has 2 heterocycles. The average molecular weight is 503 g/mol. The van der Waals surface area contributed by atoms with Gasteiger partial charge in [-0.3, -0.25) is 0 Å². The Morgan fingerprint density at radius 2 is 1.61 bits per heavy atom. The highest BCUT2D eigenvalue weighted by Gasteiger charge is 2.27. The van der Waals surface area contributed by atoms with Crippen LogP contribution in [0, 0.1) is 12.7 Å². The normalized spacial score (nSPS) is 19.4. The van der Waals surface area contributed by atoms with Crippen molar-refractivity contribution in [2.45, 2.75) is 32.0 Å². The van der Waals surface area contributed by atoms with E-state index in [1.54, 1.807) is 24.3 Å². The molecule has 0 fully saturated rings. The Morgan fingerprint density at radius 1 is 0.842 bits per heavy atom. The van der Waals surface area contributed by atoms with Crippen LogP contribution in [-0.4, -0.2) is 0 Å². The van der Waals surface area contributed by atoms with Crippen molar-refractivity contribution in [1.82, 2.24) is 0 Å². The van der Waals surface area contributed by atoms with E-state index in [2.05, 4.69) is 0 Å². The Kier molecular flexibility index (Phi) is 4.46. The van der Waals surface area contributed by atoms with Crippen LogP contribution in [0.2, 0.25) is 0 Å². The van der Waals surface area contributed by atoms with E-state index >= 15 is 4.39 Å². The quantitative estimate of drug-likeness (QED) is 0.222. The fourth-order valence-electron chi connectivity index (χ4n) is 5.73. The average Bonchev–Trinajstić information content (AvgIpc) is 3.34. The summed E-state index contributed by atoms with van der Waals surface area (Å²) in [5.74, 6) is -1.24. The van der Waals surface area contributed by atoms with E-state index in [1.165, 1.54) is 6.07 Å². The summed E-state index contributed by atoms with van der Waals surface area (Å²) in [4.78, 5) is 0. The summed E-state index contributed by atoms with van der Waals surface area (Å²) in [6.07, 6.45) is -1.89. The van der Waals surface area contributed by atoms with Crippen LogP contribution in [0.3, 0.4) is 0 Å². The predicted molar refractivity (Wildman–Crippen MR) is 152 cm³/mol. The molecular weight excluding hydrogens is 469 g/mol. The molecule has 38 heavy (non-hydrogen) atoms. The summed E-state index contributed by atoms with van der Waals surface area (Å²) in [6.45, 7) is 2.02. The SMILES string of the molecule is [2H]C1([2H])CC(c2ccccc2)C([2H])([2H])c2cccc(-c3c(F)ccc4c3oc3c(-c5cccc[n+]5C)c(C)ccc34)c21. The maximum atomic E-state index is 16.0. The summed E-state index contributed by atoms with van der Waals surface area (Å²) in [5, 5.41) is 1.56. The standard InChI is InChI=1S/C35H29FNO/c1-22-14-16-28-29-18-19-30(36)33(35(29)38-34(28)32(22)31-13-6-7-20-37(31)2)27-12-8-11-25-21-24(15-17-26(25)27)23-9-4-3-5-10-23/h3-14,16,18-20,24H,15,17,21H2,1-2H3/q+1/i17D2,21D2. The molecule has 1 aliphatic rings. The third-order valence-electron chi connectivity index (χ3n) is 7.63. The van der Waals surface area contributed by atoms with E-state index in [-0.39, 0.29) is 23.1 Å². The van der Waals surface area contributed by atoms with Crippen LogP contribution in [0.15, 0.2) is 102 Å². The van der Waals surface area contributed by atoms with E-state index in [9.17, 15) is 5.48 Å². The Bertz CT molecular complexity index is 2020. The van der Waals surface area contributed by atoms with Gasteiger partial charge in [0.1, 0.15) is 24.0 Å². The van der Waals surface area contributed by atoms with E-state index in [0.717, 1.165) is 33.2 Å². The molecule has 2 aromatic heterocycles. The molecule has 1 aliphatic carbocycles. The van der Waals surface area contributed by atoms with Gasteiger partial charge in [-0.2, -0.15) is 0 Å². The first kappa shape index (κ1) is 18.9. The molecule has 6 aromatic rings. The number of aryl methyl sites for hydroxylation is 2. The minimum absolute atomic E-state index is 0.0698. The largest absolute Gasteiger partial charge is 0.454 e. The molecule has 0 spiro atoms. The van der Waals surface area contributed by atoms with Crippen molar-refractivity contribution >= 4 is 21.9 Å². The highest BCUT2D eigenvalue weighted by atomic mass is 19.1. The zero-order valence-corrected chi connectivity index (χ0v) is 21.3. The smallest absolute Gasteiger partial charge is 0.216 e. The molecule has 186 valence electrons. The summed E-state index contributed by atoms with van der Waals surface area (Å²) in [5.41, 5.74) is 5.46. The first-order chi connectivity index (χ1) is 20.1. The molecule has 0 radical (unpaired) electrons. The van der Waals surface area contributed by atoms with Crippen molar-refractivity contribution in [3.8, 4) is 22.4 Å². The van der Waals surface area contributed by atoms with Crippen molar-refractivity contribution in [3.63, 3.8) is 0 Å².